The number of phenols is 1. The van der Waals surface area contributed by atoms with Crippen LogP contribution in [0.5, 0.6) is 5.75 Å². The van der Waals surface area contributed by atoms with Gasteiger partial charge in [0.1, 0.15) is 11.6 Å². The van der Waals surface area contributed by atoms with Crippen LogP contribution in [-0.2, 0) is 12.8 Å². The molecule has 30 heavy (non-hydrogen) atoms. The van der Waals surface area contributed by atoms with E-state index >= 15 is 0 Å². The van der Waals surface area contributed by atoms with E-state index in [2.05, 4.69) is 4.98 Å². The summed E-state index contributed by atoms with van der Waals surface area (Å²) in [6.07, 6.45) is 0. The third-order valence-corrected chi connectivity index (χ3v) is 5.81. The second-order valence-electron chi connectivity index (χ2n) is 6.78. The van der Waals surface area contributed by atoms with Crippen molar-refractivity contribution in [1.82, 2.24) is 9.55 Å². The molecule has 5 nitrogen and oxygen atoms in total. The van der Waals surface area contributed by atoms with Crippen LogP contribution in [0.2, 0.25) is 0 Å². The molecule has 0 radical (unpaired) electrons. The number of carbonyl (C=O) groups excluding carboxylic acids is 1. The maximum absolute atomic E-state index is 13.0. The van der Waals surface area contributed by atoms with Gasteiger partial charge in [-0.05, 0) is 48.0 Å². The fraction of sp³-hybridized carbons (Fsp3) is 0.0870. The molecule has 1 N–H and O–H groups in total. The molecular weight excluding hydrogens is 403 g/mol. The van der Waals surface area contributed by atoms with Crippen LogP contribution < -0.4 is 5.56 Å². The largest absolute Gasteiger partial charge is 0.508 e. The fourth-order valence-electron chi connectivity index (χ4n) is 3.04. The smallest absolute Gasteiger partial charge is 0.261 e. The number of halogens is 1. The molecule has 1 aromatic heterocycles. The van der Waals surface area contributed by atoms with Crippen LogP contribution in [0, 0.1) is 5.82 Å². The number of nitrogens with zero attached hydrogens (tertiary/aromatic N) is 2. The molecule has 150 valence electrons. The molecular formula is C23H17FN2O3S. The SMILES string of the molecule is Cn1c(SCc2ccc(C(=O)c3ccc(F)cc3)cc2)nc2ccc(O)cc2c1=O. The minimum atomic E-state index is -0.382. The Hall–Kier alpha value is -3.45. The number of aromatic nitrogens is 2. The molecule has 0 spiro atoms. The number of ketones is 1. The molecule has 4 rings (SSSR count). The molecule has 7 heteroatoms. The zero-order valence-electron chi connectivity index (χ0n) is 16.0. The summed E-state index contributed by atoms with van der Waals surface area (Å²) in [5, 5.41) is 10.5. The number of rotatable bonds is 5. The molecule has 0 aliphatic carbocycles. The number of phenolic OH excluding ortho intramolecular Hbond substituents is 1. The van der Waals surface area contributed by atoms with E-state index < -0.39 is 0 Å². The van der Waals surface area contributed by atoms with Gasteiger partial charge in [-0.1, -0.05) is 36.0 Å². The van der Waals surface area contributed by atoms with Crippen LogP contribution in [-0.4, -0.2) is 20.4 Å². The fourth-order valence-corrected chi connectivity index (χ4v) is 3.96. The molecule has 0 atom stereocenters. The van der Waals surface area contributed by atoms with Crippen molar-refractivity contribution in [2.75, 3.05) is 0 Å². The number of hydrogen-bond donors (Lipinski definition) is 1. The normalized spacial score (nSPS) is 11.0. The Labute approximate surface area is 175 Å². The van der Waals surface area contributed by atoms with Gasteiger partial charge < -0.3 is 5.11 Å². The molecule has 0 unspecified atom stereocenters. The summed E-state index contributed by atoms with van der Waals surface area (Å²) >= 11 is 1.41. The summed E-state index contributed by atoms with van der Waals surface area (Å²) in [5.41, 5.74) is 2.22. The summed E-state index contributed by atoms with van der Waals surface area (Å²) in [7, 11) is 1.64. The van der Waals surface area contributed by atoms with Gasteiger partial charge in [-0.3, -0.25) is 14.2 Å². The average molecular weight is 420 g/mol. The van der Waals surface area contributed by atoms with Gasteiger partial charge >= 0.3 is 0 Å². The number of carbonyl (C=O) groups is 1. The first-order valence-electron chi connectivity index (χ1n) is 9.14. The summed E-state index contributed by atoms with van der Waals surface area (Å²) in [6, 6.07) is 17.2. The summed E-state index contributed by atoms with van der Waals surface area (Å²) < 4.78 is 14.5. The highest BCUT2D eigenvalue weighted by molar-refractivity contribution is 7.98. The monoisotopic (exact) mass is 420 g/mol. The lowest BCUT2D eigenvalue weighted by molar-refractivity contribution is 0.103. The molecule has 0 amide bonds. The Bertz CT molecular complexity index is 1300. The lowest BCUT2D eigenvalue weighted by Crippen LogP contribution is -2.19. The third kappa shape index (κ3) is 3.97. The van der Waals surface area contributed by atoms with Gasteiger partial charge in [-0.2, -0.15) is 0 Å². The molecule has 0 fully saturated rings. The van der Waals surface area contributed by atoms with E-state index in [0.717, 1.165) is 5.56 Å². The number of aromatic hydroxyl groups is 1. The van der Waals surface area contributed by atoms with E-state index in [-0.39, 0.29) is 22.9 Å². The van der Waals surface area contributed by atoms with Crippen LogP contribution in [0.25, 0.3) is 10.9 Å². The van der Waals surface area contributed by atoms with Crippen molar-refractivity contribution in [3.05, 3.63) is 99.6 Å². The molecule has 0 saturated carbocycles. The maximum Gasteiger partial charge on any atom is 0.261 e. The van der Waals surface area contributed by atoms with Gasteiger partial charge in [0.2, 0.25) is 0 Å². The first-order valence-corrected chi connectivity index (χ1v) is 10.1. The first kappa shape index (κ1) is 19.8. The molecule has 0 aliphatic heterocycles. The third-order valence-electron chi connectivity index (χ3n) is 4.71. The quantitative estimate of drug-likeness (QED) is 0.296. The maximum atomic E-state index is 13.0. The van der Waals surface area contributed by atoms with E-state index in [9.17, 15) is 19.1 Å². The van der Waals surface area contributed by atoms with Crippen LogP contribution in [0.4, 0.5) is 4.39 Å². The molecule has 4 aromatic rings. The Balaban J connectivity index is 1.51. The zero-order valence-corrected chi connectivity index (χ0v) is 16.8. The van der Waals surface area contributed by atoms with Crippen molar-refractivity contribution < 1.29 is 14.3 Å². The number of thioether (sulfide) groups is 1. The van der Waals surface area contributed by atoms with Crippen LogP contribution >= 0.6 is 11.8 Å². The van der Waals surface area contributed by atoms with Crippen molar-refractivity contribution in [2.45, 2.75) is 10.9 Å². The Morgan fingerprint density at radius 1 is 1.03 bits per heavy atom. The Morgan fingerprint density at radius 3 is 2.33 bits per heavy atom. The van der Waals surface area contributed by atoms with Gasteiger partial charge in [-0.25, -0.2) is 9.37 Å². The lowest BCUT2D eigenvalue weighted by Gasteiger charge is -2.09. The molecule has 0 bridgehead atoms. The summed E-state index contributed by atoms with van der Waals surface area (Å²) in [6.45, 7) is 0. The molecule has 0 aliphatic rings. The van der Waals surface area contributed by atoms with Crippen molar-refractivity contribution in [3.8, 4) is 5.75 Å². The second kappa shape index (κ2) is 8.12. The van der Waals surface area contributed by atoms with Gasteiger partial charge in [0.05, 0.1) is 10.9 Å². The minimum absolute atomic E-state index is 0.0251. The van der Waals surface area contributed by atoms with Gasteiger partial charge in [0.15, 0.2) is 10.9 Å². The van der Waals surface area contributed by atoms with E-state index in [4.69, 9.17) is 0 Å². The highest BCUT2D eigenvalue weighted by Crippen LogP contribution is 2.23. The predicted octanol–water partition coefficient (Wildman–Crippen LogP) is 4.30. The summed E-state index contributed by atoms with van der Waals surface area (Å²) in [5.74, 6) is 0.0371. The molecule has 1 heterocycles. The first-order chi connectivity index (χ1) is 14.4. The number of hydrogen-bond acceptors (Lipinski definition) is 5. The van der Waals surface area contributed by atoms with Gasteiger partial charge in [-0.15, -0.1) is 0 Å². The van der Waals surface area contributed by atoms with Crippen molar-refractivity contribution >= 4 is 28.4 Å². The Morgan fingerprint density at radius 2 is 1.67 bits per heavy atom. The highest BCUT2D eigenvalue weighted by Gasteiger charge is 2.11. The highest BCUT2D eigenvalue weighted by atomic mass is 32.2. The second-order valence-corrected chi connectivity index (χ2v) is 7.72. The van der Waals surface area contributed by atoms with Gasteiger partial charge in [0, 0.05) is 23.9 Å². The number of benzene rings is 3. The van der Waals surface area contributed by atoms with Crippen LogP contribution in [0.1, 0.15) is 21.5 Å². The Kier molecular flexibility index (Phi) is 5.37. The van der Waals surface area contributed by atoms with E-state index in [1.807, 2.05) is 12.1 Å². The topological polar surface area (TPSA) is 72.2 Å². The standard InChI is InChI=1S/C23H17FN2O3S/c1-26-22(29)19-12-18(27)10-11-20(19)25-23(26)30-13-14-2-4-15(5-3-14)21(28)16-6-8-17(24)9-7-16/h2-12,27H,13H2,1H3. The van der Waals surface area contributed by atoms with E-state index in [0.29, 0.717) is 32.9 Å². The van der Waals surface area contributed by atoms with Crippen LogP contribution in [0.15, 0.2) is 76.7 Å². The molecule has 3 aromatic carbocycles. The minimum Gasteiger partial charge on any atom is -0.508 e. The van der Waals surface area contributed by atoms with Crippen molar-refractivity contribution in [3.63, 3.8) is 0 Å². The van der Waals surface area contributed by atoms with Crippen LogP contribution in [0.3, 0.4) is 0 Å². The van der Waals surface area contributed by atoms with Crippen molar-refractivity contribution in [1.29, 1.82) is 0 Å². The van der Waals surface area contributed by atoms with Gasteiger partial charge in [0.25, 0.3) is 5.56 Å². The van der Waals surface area contributed by atoms with E-state index in [1.54, 1.807) is 25.2 Å². The average Bonchev–Trinajstić information content (AvgIpc) is 2.76. The lowest BCUT2D eigenvalue weighted by atomic mass is 10.0. The van der Waals surface area contributed by atoms with E-state index in [1.165, 1.54) is 52.7 Å². The predicted molar refractivity (Wildman–Crippen MR) is 114 cm³/mol. The zero-order chi connectivity index (χ0) is 21.3. The van der Waals surface area contributed by atoms with Crippen molar-refractivity contribution in [2.24, 2.45) is 7.05 Å². The molecule has 0 saturated heterocycles. The summed E-state index contributed by atoms with van der Waals surface area (Å²) in [4.78, 5) is 29.5. The number of fused-ring (bicyclic) bond motifs is 1.